The molecule has 68 valence electrons. The molecule has 0 aromatic heterocycles. The second-order valence-electron chi connectivity index (χ2n) is 2.83. The number of hydrogen-bond donors (Lipinski definition) is 1. The van der Waals surface area contributed by atoms with E-state index in [-0.39, 0.29) is 0 Å². The summed E-state index contributed by atoms with van der Waals surface area (Å²) >= 11 is 0. The number of nitrogens with one attached hydrogen (secondary N) is 1. The Labute approximate surface area is 70.3 Å². The molecule has 0 unspecified atom stereocenters. The zero-order valence-corrected chi connectivity index (χ0v) is 8.22. The topological polar surface area (TPSA) is 18.5 Å². The Bertz CT molecular complexity index is 79.4. The first kappa shape index (κ1) is 10.9. The maximum atomic E-state index is 3.24. The average molecular weight is 159 g/mol. The zero-order chi connectivity index (χ0) is 8.69. The van der Waals surface area contributed by atoms with Gasteiger partial charge < -0.3 is 4.90 Å². The van der Waals surface area contributed by atoms with E-state index in [1.165, 1.54) is 0 Å². The van der Waals surface area contributed by atoms with Gasteiger partial charge in [0.2, 0.25) is 0 Å². The van der Waals surface area contributed by atoms with Gasteiger partial charge in [0.15, 0.2) is 0 Å². The molecule has 1 N–H and O–H groups in total. The lowest BCUT2D eigenvalue weighted by Gasteiger charge is -2.19. The van der Waals surface area contributed by atoms with E-state index in [0.717, 1.165) is 26.2 Å². The van der Waals surface area contributed by atoms with Crippen LogP contribution < -0.4 is 5.43 Å². The van der Waals surface area contributed by atoms with E-state index >= 15 is 0 Å². The maximum Gasteiger partial charge on any atom is 0.0230 e. The molecular weight excluding hydrogens is 138 g/mol. The molecule has 3 heteroatoms. The minimum absolute atomic E-state index is 1.04. The van der Waals surface area contributed by atoms with Crippen LogP contribution >= 0.6 is 0 Å². The fourth-order valence-electron chi connectivity index (χ4n) is 0.972. The molecule has 0 aliphatic heterocycles. The highest BCUT2D eigenvalue weighted by Gasteiger charge is 1.96. The van der Waals surface area contributed by atoms with Crippen LogP contribution in [0.15, 0.2) is 0 Å². The molecule has 11 heavy (non-hydrogen) atoms. The van der Waals surface area contributed by atoms with Crippen LogP contribution in [0.25, 0.3) is 0 Å². The van der Waals surface area contributed by atoms with Crippen LogP contribution in [0.3, 0.4) is 0 Å². The van der Waals surface area contributed by atoms with E-state index < -0.39 is 0 Å². The van der Waals surface area contributed by atoms with Gasteiger partial charge in [-0.05, 0) is 13.1 Å². The SMILES string of the molecule is CCN(CC)CCNN(C)C. The quantitative estimate of drug-likeness (QED) is 0.566. The highest BCUT2D eigenvalue weighted by molar-refractivity contribution is 4.52. The van der Waals surface area contributed by atoms with Crippen LogP contribution in [0.1, 0.15) is 13.8 Å². The summed E-state index contributed by atoms with van der Waals surface area (Å²) in [5, 5.41) is 1.99. The molecule has 0 aliphatic carbocycles. The fraction of sp³-hybridized carbons (Fsp3) is 1.00. The Morgan fingerprint density at radius 1 is 1.09 bits per heavy atom. The van der Waals surface area contributed by atoms with Crippen molar-refractivity contribution in [2.75, 3.05) is 40.3 Å². The highest BCUT2D eigenvalue weighted by atomic mass is 15.5. The van der Waals surface area contributed by atoms with Crippen LogP contribution in [-0.4, -0.2) is 50.2 Å². The Kier molecular flexibility index (Phi) is 6.51. The molecule has 0 atom stereocenters. The number of hydrogen-bond acceptors (Lipinski definition) is 3. The van der Waals surface area contributed by atoms with Crippen LogP contribution in [-0.2, 0) is 0 Å². The molecule has 0 aromatic carbocycles. The zero-order valence-electron chi connectivity index (χ0n) is 8.22. The summed E-state index contributed by atoms with van der Waals surface area (Å²) in [6.07, 6.45) is 0. The second kappa shape index (κ2) is 6.58. The molecule has 0 aromatic rings. The fourth-order valence-corrected chi connectivity index (χ4v) is 0.972. The number of nitrogens with zero attached hydrogens (tertiary/aromatic N) is 2. The third-order valence-electron chi connectivity index (χ3n) is 1.75. The summed E-state index contributed by atoms with van der Waals surface area (Å²) in [6, 6.07) is 0. The standard InChI is InChI=1S/C8H21N3/c1-5-11(6-2)8-7-9-10(3)4/h9H,5-8H2,1-4H3. The molecule has 0 fully saturated rings. The first-order valence-corrected chi connectivity index (χ1v) is 4.33. The Hall–Kier alpha value is -0.120. The lowest BCUT2D eigenvalue weighted by Crippen LogP contribution is -2.38. The molecule has 0 saturated carbocycles. The van der Waals surface area contributed by atoms with Gasteiger partial charge in [-0.2, -0.15) is 0 Å². The van der Waals surface area contributed by atoms with Gasteiger partial charge in [0, 0.05) is 27.2 Å². The molecule has 0 bridgehead atoms. The first-order valence-electron chi connectivity index (χ1n) is 4.33. The van der Waals surface area contributed by atoms with Crippen molar-refractivity contribution < 1.29 is 0 Å². The normalized spacial score (nSPS) is 11.5. The summed E-state index contributed by atoms with van der Waals surface area (Å²) in [4.78, 5) is 2.40. The molecule has 0 saturated heterocycles. The van der Waals surface area contributed by atoms with E-state index in [4.69, 9.17) is 0 Å². The van der Waals surface area contributed by atoms with Crippen LogP contribution in [0, 0.1) is 0 Å². The molecule has 0 amide bonds. The van der Waals surface area contributed by atoms with E-state index in [1.54, 1.807) is 0 Å². The summed E-state index contributed by atoms with van der Waals surface area (Å²) in [5.41, 5.74) is 3.24. The molecule has 0 heterocycles. The smallest absolute Gasteiger partial charge is 0.0230 e. The predicted molar refractivity (Wildman–Crippen MR) is 49.5 cm³/mol. The second-order valence-corrected chi connectivity index (χ2v) is 2.83. The Morgan fingerprint density at radius 3 is 2.00 bits per heavy atom. The van der Waals surface area contributed by atoms with E-state index in [0.29, 0.717) is 0 Å². The van der Waals surface area contributed by atoms with Gasteiger partial charge in [0.25, 0.3) is 0 Å². The third-order valence-corrected chi connectivity index (χ3v) is 1.75. The van der Waals surface area contributed by atoms with Crippen molar-refractivity contribution in [1.29, 1.82) is 0 Å². The van der Waals surface area contributed by atoms with Crippen molar-refractivity contribution in [3.05, 3.63) is 0 Å². The minimum atomic E-state index is 1.04. The van der Waals surface area contributed by atoms with Crippen LogP contribution in [0.4, 0.5) is 0 Å². The maximum absolute atomic E-state index is 3.24. The molecule has 0 aliphatic rings. The van der Waals surface area contributed by atoms with E-state index in [9.17, 15) is 0 Å². The number of hydrazine groups is 1. The third kappa shape index (κ3) is 6.28. The first-order chi connectivity index (χ1) is 5.20. The Balaban J connectivity index is 3.21. The van der Waals surface area contributed by atoms with Crippen molar-refractivity contribution in [2.24, 2.45) is 0 Å². The number of likely N-dealkylation sites (N-methyl/N-ethyl adjacent to an activating group) is 1. The molecule has 0 rings (SSSR count). The van der Waals surface area contributed by atoms with Crippen molar-refractivity contribution in [2.45, 2.75) is 13.8 Å². The van der Waals surface area contributed by atoms with Gasteiger partial charge in [0.05, 0.1) is 0 Å². The Morgan fingerprint density at radius 2 is 1.64 bits per heavy atom. The average Bonchev–Trinajstić information content (AvgIpc) is 1.98. The van der Waals surface area contributed by atoms with E-state index in [2.05, 4.69) is 24.2 Å². The molecule has 0 radical (unpaired) electrons. The summed E-state index contributed by atoms with van der Waals surface area (Å²) in [5.74, 6) is 0. The monoisotopic (exact) mass is 159 g/mol. The van der Waals surface area contributed by atoms with Crippen molar-refractivity contribution in [1.82, 2.24) is 15.3 Å². The predicted octanol–water partition coefficient (Wildman–Crippen LogP) is 0.394. The molecular formula is C8H21N3. The van der Waals surface area contributed by atoms with E-state index in [1.807, 2.05) is 19.1 Å². The lowest BCUT2D eigenvalue weighted by molar-refractivity contribution is 0.240. The lowest BCUT2D eigenvalue weighted by atomic mass is 10.5. The minimum Gasteiger partial charge on any atom is -0.303 e. The van der Waals surface area contributed by atoms with Crippen molar-refractivity contribution in [3.8, 4) is 0 Å². The number of rotatable bonds is 6. The summed E-state index contributed by atoms with van der Waals surface area (Å²) in [7, 11) is 4.03. The van der Waals surface area contributed by atoms with Gasteiger partial charge in [0.1, 0.15) is 0 Å². The van der Waals surface area contributed by atoms with Gasteiger partial charge in [-0.15, -0.1) is 0 Å². The van der Waals surface area contributed by atoms with Gasteiger partial charge in [-0.1, -0.05) is 13.8 Å². The largest absolute Gasteiger partial charge is 0.303 e. The van der Waals surface area contributed by atoms with Crippen molar-refractivity contribution in [3.63, 3.8) is 0 Å². The van der Waals surface area contributed by atoms with Gasteiger partial charge in [-0.25, -0.2) is 0 Å². The molecule has 0 spiro atoms. The summed E-state index contributed by atoms with van der Waals surface area (Å²) < 4.78 is 0. The highest BCUT2D eigenvalue weighted by Crippen LogP contribution is 1.83. The van der Waals surface area contributed by atoms with Crippen LogP contribution in [0.2, 0.25) is 0 Å². The van der Waals surface area contributed by atoms with Gasteiger partial charge >= 0.3 is 0 Å². The molecule has 3 nitrogen and oxygen atoms in total. The van der Waals surface area contributed by atoms with Crippen molar-refractivity contribution >= 4 is 0 Å². The summed E-state index contributed by atoms with van der Waals surface area (Å²) in [6.45, 7) is 8.84. The van der Waals surface area contributed by atoms with Crippen LogP contribution in [0.5, 0.6) is 0 Å². The van der Waals surface area contributed by atoms with Gasteiger partial charge in [-0.3, -0.25) is 10.4 Å².